The van der Waals surface area contributed by atoms with Crippen LogP contribution in [0.4, 0.5) is 0 Å². The standard InChI is InChI=1S/C10H11N5O3/c16-10(17)9-5-15(13-12-9)8-3-14(4-8)2-7-1-11-18-6-7/h1,5-6,8H,2-4H2,(H,16,17). The Balaban J connectivity index is 1.56. The third-order valence-corrected chi connectivity index (χ3v) is 2.93. The Kier molecular flexibility index (Phi) is 2.56. The molecule has 0 aromatic carbocycles. The molecule has 0 amide bonds. The van der Waals surface area contributed by atoms with Crippen LogP contribution in [0.5, 0.6) is 0 Å². The lowest BCUT2D eigenvalue weighted by molar-refractivity contribution is 0.0690. The van der Waals surface area contributed by atoms with E-state index >= 15 is 0 Å². The fraction of sp³-hybridized carbons (Fsp3) is 0.400. The van der Waals surface area contributed by atoms with Crippen molar-refractivity contribution in [2.75, 3.05) is 13.1 Å². The normalized spacial score (nSPS) is 16.7. The van der Waals surface area contributed by atoms with E-state index in [4.69, 9.17) is 9.63 Å². The molecule has 3 rings (SSSR count). The molecular formula is C10H11N5O3. The van der Waals surface area contributed by atoms with Crippen molar-refractivity contribution >= 4 is 5.97 Å². The maximum Gasteiger partial charge on any atom is 0.358 e. The lowest BCUT2D eigenvalue weighted by Crippen LogP contribution is -2.47. The molecule has 0 saturated carbocycles. The highest BCUT2D eigenvalue weighted by molar-refractivity contribution is 5.84. The van der Waals surface area contributed by atoms with Crippen LogP contribution in [0.3, 0.4) is 0 Å². The van der Waals surface area contributed by atoms with Gasteiger partial charge in [0.1, 0.15) is 6.26 Å². The molecule has 94 valence electrons. The van der Waals surface area contributed by atoms with Crippen molar-refractivity contribution in [3.8, 4) is 0 Å². The average Bonchev–Trinajstić information content (AvgIpc) is 2.94. The first-order valence-electron chi connectivity index (χ1n) is 5.48. The maximum atomic E-state index is 10.7. The molecule has 18 heavy (non-hydrogen) atoms. The van der Waals surface area contributed by atoms with E-state index in [0.29, 0.717) is 0 Å². The van der Waals surface area contributed by atoms with Crippen LogP contribution in [0.25, 0.3) is 0 Å². The number of carboxylic acid groups (broad SMARTS) is 1. The van der Waals surface area contributed by atoms with Gasteiger partial charge in [0.15, 0.2) is 5.69 Å². The molecule has 2 aromatic heterocycles. The predicted octanol–water partition coefficient (Wildman–Crippen LogP) is 0.0212. The molecule has 8 nitrogen and oxygen atoms in total. The van der Waals surface area contributed by atoms with E-state index in [2.05, 4.69) is 20.4 Å². The molecule has 0 bridgehead atoms. The van der Waals surface area contributed by atoms with Gasteiger partial charge < -0.3 is 9.63 Å². The molecule has 0 spiro atoms. The van der Waals surface area contributed by atoms with Crippen LogP contribution >= 0.6 is 0 Å². The summed E-state index contributed by atoms with van der Waals surface area (Å²) in [5, 5.41) is 19.8. The summed E-state index contributed by atoms with van der Waals surface area (Å²) in [6.07, 6.45) is 4.76. The molecule has 8 heteroatoms. The van der Waals surface area contributed by atoms with E-state index in [1.54, 1.807) is 17.1 Å². The van der Waals surface area contributed by atoms with E-state index < -0.39 is 5.97 Å². The number of nitrogens with zero attached hydrogens (tertiary/aromatic N) is 5. The zero-order valence-electron chi connectivity index (χ0n) is 9.43. The molecular weight excluding hydrogens is 238 g/mol. The lowest BCUT2D eigenvalue weighted by atomic mass is 10.1. The average molecular weight is 249 g/mol. The molecule has 1 N–H and O–H groups in total. The van der Waals surface area contributed by atoms with Gasteiger partial charge in [-0.15, -0.1) is 5.10 Å². The molecule has 3 heterocycles. The molecule has 1 saturated heterocycles. The Morgan fingerprint density at radius 1 is 1.56 bits per heavy atom. The topological polar surface area (TPSA) is 97.3 Å². The molecule has 0 radical (unpaired) electrons. The van der Waals surface area contributed by atoms with Crippen LogP contribution in [-0.4, -0.2) is 49.2 Å². The van der Waals surface area contributed by atoms with Crippen molar-refractivity contribution in [3.05, 3.63) is 29.9 Å². The largest absolute Gasteiger partial charge is 0.476 e. The molecule has 0 atom stereocenters. The number of carboxylic acids is 1. The second kappa shape index (κ2) is 4.22. The Bertz CT molecular complexity index is 544. The zero-order chi connectivity index (χ0) is 12.5. The van der Waals surface area contributed by atoms with Crippen LogP contribution in [0, 0.1) is 0 Å². The summed E-state index contributed by atoms with van der Waals surface area (Å²) in [6.45, 7) is 2.40. The molecule has 0 unspecified atom stereocenters. The smallest absolute Gasteiger partial charge is 0.358 e. The van der Waals surface area contributed by atoms with Gasteiger partial charge in [-0.2, -0.15) is 0 Å². The minimum atomic E-state index is -1.05. The van der Waals surface area contributed by atoms with Crippen LogP contribution in [0.15, 0.2) is 23.2 Å². The van der Waals surface area contributed by atoms with Gasteiger partial charge in [0.25, 0.3) is 0 Å². The summed E-state index contributed by atoms with van der Waals surface area (Å²) in [5.41, 5.74) is 1.01. The first-order valence-corrected chi connectivity index (χ1v) is 5.48. The van der Waals surface area contributed by atoms with Gasteiger partial charge in [-0.25, -0.2) is 9.48 Å². The minimum Gasteiger partial charge on any atom is -0.476 e. The summed E-state index contributed by atoms with van der Waals surface area (Å²) in [7, 11) is 0. The first-order chi connectivity index (χ1) is 8.72. The number of hydrogen-bond acceptors (Lipinski definition) is 6. The van der Waals surface area contributed by atoms with Crippen molar-refractivity contribution in [2.24, 2.45) is 0 Å². The van der Waals surface area contributed by atoms with Gasteiger partial charge in [-0.05, 0) is 0 Å². The second-order valence-electron chi connectivity index (χ2n) is 4.27. The van der Waals surface area contributed by atoms with Gasteiger partial charge in [0.05, 0.1) is 18.4 Å². The molecule has 2 aromatic rings. The molecule has 1 aliphatic heterocycles. The SMILES string of the molecule is O=C(O)c1cn(C2CN(Cc3cnoc3)C2)nn1. The van der Waals surface area contributed by atoms with Crippen molar-refractivity contribution in [2.45, 2.75) is 12.6 Å². The number of likely N-dealkylation sites (tertiary alicyclic amines) is 1. The summed E-state index contributed by atoms with van der Waals surface area (Å²) < 4.78 is 6.36. The van der Waals surface area contributed by atoms with Crippen molar-refractivity contribution in [1.82, 2.24) is 25.1 Å². The van der Waals surface area contributed by atoms with Gasteiger partial charge in [-0.1, -0.05) is 10.4 Å². The van der Waals surface area contributed by atoms with Gasteiger partial charge >= 0.3 is 5.97 Å². The number of aromatic nitrogens is 4. The summed E-state index contributed by atoms with van der Waals surface area (Å²) >= 11 is 0. The number of rotatable bonds is 4. The zero-order valence-corrected chi connectivity index (χ0v) is 9.43. The monoisotopic (exact) mass is 249 g/mol. The number of aromatic carboxylic acids is 1. The fourth-order valence-electron chi connectivity index (χ4n) is 1.96. The quantitative estimate of drug-likeness (QED) is 0.815. The Morgan fingerprint density at radius 3 is 3.00 bits per heavy atom. The molecule has 1 aliphatic rings. The summed E-state index contributed by atoms with van der Waals surface area (Å²) in [4.78, 5) is 12.9. The first kappa shape index (κ1) is 10.9. The third kappa shape index (κ3) is 1.97. The Morgan fingerprint density at radius 2 is 2.39 bits per heavy atom. The van der Waals surface area contributed by atoms with Crippen molar-refractivity contribution in [1.29, 1.82) is 0 Å². The van der Waals surface area contributed by atoms with Gasteiger partial charge in [0.2, 0.25) is 0 Å². The predicted molar refractivity (Wildman–Crippen MR) is 57.8 cm³/mol. The van der Waals surface area contributed by atoms with E-state index in [-0.39, 0.29) is 11.7 Å². The van der Waals surface area contributed by atoms with E-state index in [1.165, 1.54) is 6.20 Å². The van der Waals surface area contributed by atoms with Crippen LogP contribution in [-0.2, 0) is 6.54 Å². The van der Waals surface area contributed by atoms with Gasteiger partial charge in [0, 0.05) is 25.2 Å². The molecule has 0 aliphatic carbocycles. The molecule has 1 fully saturated rings. The van der Waals surface area contributed by atoms with Crippen LogP contribution in [0.2, 0.25) is 0 Å². The highest BCUT2D eigenvalue weighted by Gasteiger charge is 2.29. The summed E-state index contributed by atoms with van der Waals surface area (Å²) in [5.74, 6) is -1.05. The van der Waals surface area contributed by atoms with E-state index in [9.17, 15) is 4.79 Å². The van der Waals surface area contributed by atoms with Crippen LogP contribution < -0.4 is 0 Å². The van der Waals surface area contributed by atoms with E-state index in [1.807, 2.05) is 0 Å². The number of carbonyl (C=O) groups is 1. The lowest BCUT2D eigenvalue weighted by Gasteiger charge is -2.38. The number of hydrogen-bond donors (Lipinski definition) is 1. The minimum absolute atomic E-state index is 0.0208. The van der Waals surface area contributed by atoms with E-state index in [0.717, 1.165) is 25.2 Å². The highest BCUT2D eigenvalue weighted by Crippen LogP contribution is 2.22. The third-order valence-electron chi connectivity index (χ3n) is 2.93. The fourth-order valence-corrected chi connectivity index (χ4v) is 1.96. The van der Waals surface area contributed by atoms with Crippen molar-refractivity contribution < 1.29 is 14.4 Å². The van der Waals surface area contributed by atoms with Crippen LogP contribution in [0.1, 0.15) is 22.1 Å². The summed E-state index contributed by atoms with van der Waals surface area (Å²) in [6, 6.07) is 0.186. The second-order valence-corrected chi connectivity index (χ2v) is 4.27. The maximum absolute atomic E-state index is 10.7. The Labute approximate surface area is 102 Å². The highest BCUT2D eigenvalue weighted by atomic mass is 16.5. The van der Waals surface area contributed by atoms with Crippen molar-refractivity contribution in [3.63, 3.8) is 0 Å². The van der Waals surface area contributed by atoms with Gasteiger partial charge in [-0.3, -0.25) is 4.90 Å². The Hall–Kier alpha value is -2.22.